The van der Waals surface area contributed by atoms with E-state index in [0.29, 0.717) is 28.9 Å². The van der Waals surface area contributed by atoms with Gasteiger partial charge in [-0.25, -0.2) is 0 Å². The van der Waals surface area contributed by atoms with E-state index < -0.39 is 0 Å². The second kappa shape index (κ2) is 7.78. The second-order valence-electron chi connectivity index (χ2n) is 6.58. The first kappa shape index (κ1) is 18.7. The Bertz CT molecular complexity index is 984. The first-order chi connectivity index (χ1) is 13.6. The number of hydrogen-bond donors (Lipinski definition) is 0. The predicted octanol–water partition coefficient (Wildman–Crippen LogP) is 4.57. The van der Waals surface area contributed by atoms with Crippen LogP contribution in [0.1, 0.15) is 17.9 Å². The van der Waals surface area contributed by atoms with E-state index in [9.17, 15) is 10.1 Å². The number of thioether (sulfide) groups is 1. The number of allylic oxidation sites excluding steroid dienone is 1. The number of halogens is 1. The summed E-state index contributed by atoms with van der Waals surface area (Å²) in [5, 5.41) is 11.3. The lowest BCUT2D eigenvalue weighted by atomic mass is 9.86. The fourth-order valence-electron chi connectivity index (χ4n) is 3.60. The minimum atomic E-state index is -0.283. The minimum absolute atomic E-state index is 0.0102. The van der Waals surface area contributed by atoms with Crippen LogP contribution in [0.15, 0.2) is 59.1 Å². The molecule has 0 aliphatic carbocycles. The van der Waals surface area contributed by atoms with Crippen molar-refractivity contribution >= 4 is 35.0 Å². The number of rotatable bonds is 3. The monoisotopic (exact) mass is 411 g/mol. The maximum Gasteiger partial charge on any atom is 0.229 e. The van der Waals surface area contributed by atoms with Crippen LogP contribution >= 0.6 is 23.4 Å². The number of carbonyl (C=O) groups excluding carboxylic acids is 1. The van der Waals surface area contributed by atoms with Crippen LogP contribution in [0.25, 0.3) is 0 Å². The van der Waals surface area contributed by atoms with Gasteiger partial charge in [0.05, 0.1) is 36.3 Å². The Balaban J connectivity index is 1.68. The molecule has 2 aliphatic rings. The van der Waals surface area contributed by atoms with E-state index >= 15 is 0 Å². The molecule has 0 aromatic heterocycles. The highest BCUT2D eigenvalue weighted by Gasteiger charge is 2.39. The summed E-state index contributed by atoms with van der Waals surface area (Å²) in [5.74, 6) is 1.08. The van der Waals surface area contributed by atoms with Gasteiger partial charge in [0.25, 0.3) is 0 Å². The second-order valence-corrected chi connectivity index (χ2v) is 7.95. The number of carbonyl (C=O) groups is 1. The van der Waals surface area contributed by atoms with Gasteiger partial charge in [-0.2, -0.15) is 5.26 Å². The molecule has 7 heteroatoms. The van der Waals surface area contributed by atoms with Crippen molar-refractivity contribution in [3.05, 3.63) is 69.7 Å². The van der Waals surface area contributed by atoms with Crippen molar-refractivity contribution in [3.8, 4) is 11.8 Å². The molecule has 1 amide bonds. The van der Waals surface area contributed by atoms with Crippen LogP contribution in [-0.2, 0) is 4.79 Å². The molecule has 0 saturated carbocycles. The Morgan fingerprint density at radius 1 is 1.21 bits per heavy atom. The predicted molar refractivity (Wildman–Crippen MR) is 111 cm³/mol. The number of anilines is 1. The molecule has 2 aromatic carbocycles. The number of amides is 1. The van der Waals surface area contributed by atoms with E-state index in [0.717, 1.165) is 16.3 Å². The van der Waals surface area contributed by atoms with Crippen LogP contribution in [0.3, 0.4) is 0 Å². The Morgan fingerprint density at radius 2 is 1.96 bits per heavy atom. The standard InChI is InChI=1S/C21H18ClN3O2S/c1-27-19-5-3-2-4-16(19)17-10-20(26)25-12-24(13-28-21(25)18(17)11-23)15-8-6-14(22)7-9-15/h2-9,17H,10,12-13H2,1H3/t17-/m0/s1. The van der Waals surface area contributed by atoms with E-state index in [1.165, 1.54) is 11.8 Å². The third-order valence-corrected chi connectivity index (χ3v) is 6.41. The third-order valence-electron chi connectivity index (χ3n) is 5.00. The van der Waals surface area contributed by atoms with E-state index in [1.54, 1.807) is 12.0 Å². The molecular weight excluding hydrogens is 394 g/mol. The highest BCUT2D eigenvalue weighted by Crippen LogP contribution is 2.45. The number of para-hydroxylation sites is 1. The number of nitriles is 1. The molecule has 0 spiro atoms. The van der Waals surface area contributed by atoms with Gasteiger partial charge < -0.3 is 9.64 Å². The van der Waals surface area contributed by atoms with Crippen molar-refractivity contribution in [2.24, 2.45) is 0 Å². The van der Waals surface area contributed by atoms with Gasteiger partial charge in [0.2, 0.25) is 5.91 Å². The number of fused-ring (bicyclic) bond motifs is 1. The van der Waals surface area contributed by atoms with E-state index in [4.69, 9.17) is 16.3 Å². The molecule has 1 fully saturated rings. The number of nitrogens with zero attached hydrogens (tertiary/aromatic N) is 3. The number of benzene rings is 2. The SMILES string of the molecule is COc1ccccc1[C@@H]1CC(=O)N2CN(c3ccc(Cl)cc3)CSC2=C1C#N. The maximum atomic E-state index is 13.0. The van der Waals surface area contributed by atoms with Crippen molar-refractivity contribution < 1.29 is 9.53 Å². The van der Waals surface area contributed by atoms with Gasteiger partial charge in [0.1, 0.15) is 5.75 Å². The van der Waals surface area contributed by atoms with Gasteiger partial charge in [-0.05, 0) is 30.3 Å². The van der Waals surface area contributed by atoms with Gasteiger partial charge in [0.15, 0.2) is 0 Å². The van der Waals surface area contributed by atoms with Gasteiger partial charge >= 0.3 is 0 Å². The largest absolute Gasteiger partial charge is 0.496 e. The number of hydrogen-bond acceptors (Lipinski definition) is 5. The highest BCUT2D eigenvalue weighted by atomic mass is 35.5. The van der Waals surface area contributed by atoms with E-state index in [1.807, 2.05) is 48.5 Å². The van der Waals surface area contributed by atoms with Crippen LogP contribution in [-0.4, -0.2) is 30.5 Å². The quantitative estimate of drug-likeness (QED) is 0.740. The molecular formula is C21H18ClN3O2S. The molecule has 0 N–H and O–H groups in total. The first-order valence-electron chi connectivity index (χ1n) is 8.83. The summed E-state index contributed by atoms with van der Waals surface area (Å²) in [6, 6.07) is 17.5. The van der Waals surface area contributed by atoms with E-state index in [-0.39, 0.29) is 18.2 Å². The molecule has 1 atom stereocenters. The van der Waals surface area contributed by atoms with Gasteiger partial charge in [-0.3, -0.25) is 9.69 Å². The Hall–Kier alpha value is -2.62. The molecule has 2 heterocycles. The topological polar surface area (TPSA) is 56.6 Å². The summed E-state index contributed by atoms with van der Waals surface area (Å²) in [6.45, 7) is 0.423. The molecule has 1 saturated heterocycles. The zero-order valence-corrected chi connectivity index (χ0v) is 16.8. The Labute approximate surface area is 173 Å². The van der Waals surface area contributed by atoms with E-state index in [2.05, 4.69) is 11.0 Å². The molecule has 142 valence electrons. The number of ether oxygens (including phenoxy) is 1. The zero-order chi connectivity index (χ0) is 19.7. The van der Waals surface area contributed by atoms with Crippen molar-refractivity contribution in [1.29, 1.82) is 5.26 Å². The van der Waals surface area contributed by atoms with Gasteiger partial charge in [0, 0.05) is 28.6 Å². The lowest BCUT2D eigenvalue weighted by molar-refractivity contribution is -0.129. The van der Waals surface area contributed by atoms with Crippen LogP contribution in [0.5, 0.6) is 5.75 Å². The average Bonchev–Trinajstić information content (AvgIpc) is 2.74. The fraction of sp³-hybridized carbons (Fsp3) is 0.238. The summed E-state index contributed by atoms with van der Waals surface area (Å²) >= 11 is 7.50. The number of methoxy groups -OCH3 is 1. The molecule has 0 bridgehead atoms. The summed E-state index contributed by atoms with van der Waals surface area (Å²) < 4.78 is 5.46. The van der Waals surface area contributed by atoms with Crippen molar-refractivity contribution in [1.82, 2.24) is 4.90 Å². The molecule has 2 aromatic rings. The zero-order valence-electron chi connectivity index (χ0n) is 15.3. The lowest BCUT2D eigenvalue weighted by Gasteiger charge is -2.42. The molecule has 28 heavy (non-hydrogen) atoms. The molecule has 5 nitrogen and oxygen atoms in total. The van der Waals surface area contributed by atoms with Crippen LogP contribution in [0.2, 0.25) is 5.02 Å². The summed E-state index contributed by atoms with van der Waals surface area (Å²) in [6.07, 6.45) is 0.252. The maximum absolute atomic E-state index is 13.0. The van der Waals surface area contributed by atoms with Crippen molar-refractivity contribution in [2.75, 3.05) is 24.6 Å². The minimum Gasteiger partial charge on any atom is -0.496 e. The van der Waals surface area contributed by atoms with Crippen molar-refractivity contribution in [2.45, 2.75) is 12.3 Å². The third kappa shape index (κ3) is 3.32. The average molecular weight is 412 g/mol. The van der Waals surface area contributed by atoms with Gasteiger partial charge in [-0.1, -0.05) is 41.6 Å². The highest BCUT2D eigenvalue weighted by molar-refractivity contribution is 8.03. The molecule has 0 radical (unpaired) electrons. The van der Waals surface area contributed by atoms with Crippen LogP contribution in [0, 0.1) is 11.3 Å². The summed E-state index contributed by atoms with van der Waals surface area (Å²) in [5.41, 5.74) is 2.50. The Kier molecular flexibility index (Phi) is 5.21. The summed E-state index contributed by atoms with van der Waals surface area (Å²) in [7, 11) is 1.61. The normalized spacial score (nSPS) is 19.3. The van der Waals surface area contributed by atoms with Gasteiger partial charge in [-0.15, -0.1) is 0 Å². The van der Waals surface area contributed by atoms with Crippen molar-refractivity contribution in [3.63, 3.8) is 0 Å². The fourth-order valence-corrected chi connectivity index (χ4v) is 4.89. The molecule has 2 aliphatic heterocycles. The lowest BCUT2D eigenvalue weighted by Crippen LogP contribution is -2.47. The molecule has 0 unspecified atom stereocenters. The smallest absolute Gasteiger partial charge is 0.229 e. The first-order valence-corrected chi connectivity index (χ1v) is 10.2. The summed E-state index contributed by atoms with van der Waals surface area (Å²) in [4.78, 5) is 16.8. The molecule has 4 rings (SSSR count). The Morgan fingerprint density at radius 3 is 2.68 bits per heavy atom. The van der Waals surface area contributed by atoms with Crippen LogP contribution in [0.4, 0.5) is 5.69 Å². The van der Waals surface area contributed by atoms with Crippen LogP contribution < -0.4 is 9.64 Å².